The van der Waals surface area contributed by atoms with Crippen LogP contribution in [-0.2, 0) is 0 Å². The first-order chi connectivity index (χ1) is 8.95. The molecule has 2 heteroatoms. The standard InChI is InChI=1S/C16H17NS/c1-2-7-13(8-3-1)16(15-10-6-12-18-15)14-9-4-5-11-17-14/h1-3,6-8,10,12,16H,4-5,9,11H2. The minimum absolute atomic E-state index is 0.381. The maximum Gasteiger partial charge on any atom is 0.0563 e. The van der Waals surface area contributed by atoms with E-state index in [9.17, 15) is 0 Å². The van der Waals surface area contributed by atoms with Crippen molar-refractivity contribution in [1.82, 2.24) is 0 Å². The quantitative estimate of drug-likeness (QED) is 0.765. The number of thiophene rings is 1. The van der Waals surface area contributed by atoms with Gasteiger partial charge in [-0.15, -0.1) is 11.3 Å². The molecule has 0 spiro atoms. The van der Waals surface area contributed by atoms with E-state index in [4.69, 9.17) is 4.99 Å². The predicted molar refractivity (Wildman–Crippen MR) is 78.8 cm³/mol. The minimum atomic E-state index is 0.381. The van der Waals surface area contributed by atoms with Crippen LogP contribution in [-0.4, -0.2) is 12.3 Å². The van der Waals surface area contributed by atoms with Crippen LogP contribution < -0.4 is 0 Å². The van der Waals surface area contributed by atoms with Crippen molar-refractivity contribution in [1.29, 1.82) is 0 Å². The number of nitrogens with zero attached hydrogens (tertiary/aromatic N) is 1. The van der Waals surface area contributed by atoms with Gasteiger partial charge in [0, 0.05) is 17.1 Å². The van der Waals surface area contributed by atoms with Gasteiger partial charge in [0.15, 0.2) is 0 Å². The van der Waals surface area contributed by atoms with Crippen LogP contribution in [0.4, 0.5) is 0 Å². The van der Waals surface area contributed by atoms with Crippen LogP contribution in [0.2, 0.25) is 0 Å². The highest BCUT2D eigenvalue weighted by molar-refractivity contribution is 7.10. The molecule has 18 heavy (non-hydrogen) atoms. The fraction of sp³-hybridized carbons (Fsp3) is 0.312. The third kappa shape index (κ3) is 2.39. The Hall–Kier alpha value is -1.41. The molecule has 0 aliphatic carbocycles. The average Bonchev–Trinajstić information content (AvgIpc) is 2.95. The highest BCUT2D eigenvalue weighted by atomic mass is 32.1. The zero-order valence-corrected chi connectivity index (χ0v) is 11.2. The molecule has 0 N–H and O–H groups in total. The molecule has 1 nitrogen and oxygen atoms in total. The van der Waals surface area contributed by atoms with E-state index in [0.29, 0.717) is 5.92 Å². The van der Waals surface area contributed by atoms with Crippen molar-refractivity contribution >= 4 is 17.0 Å². The third-order valence-electron chi connectivity index (χ3n) is 3.45. The molecule has 0 amide bonds. The lowest BCUT2D eigenvalue weighted by Gasteiger charge is -2.21. The molecule has 2 heterocycles. The Balaban J connectivity index is 2.01. The SMILES string of the molecule is c1ccc(C(C2=NCCCC2)c2cccs2)cc1. The molecule has 1 aliphatic heterocycles. The molecular formula is C16H17NS. The van der Waals surface area contributed by atoms with E-state index in [1.165, 1.54) is 29.0 Å². The summed E-state index contributed by atoms with van der Waals surface area (Å²) in [6.07, 6.45) is 3.68. The maximum absolute atomic E-state index is 4.79. The van der Waals surface area contributed by atoms with E-state index >= 15 is 0 Å². The van der Waals surface area contributed by atoms with Crippen molar-refractivity contribution in [2.45, 2.75) is 25.2 Å². The first-order valence-corrected chi connectivity index (χ1v) is 7.44. The van der Waals surface area contributed by atoms with Crippen LogP contribution in [0, 0.1) is 0 Å². The molecule has 0 bridgehead atoms. The van der Waals surface area contributed by atoms with Gasteiger partial charge in [-0.05, 0) is 36.3 Å². The van der Waals surface area contributed by atoms with Crippen molar-refractivity contribution in [2.24, 2.45) is 4.99 Å². The van der Waals surface area contributed by atoms with E-state index in [1.807, 2.05) is 11.3 Å². The lowest BCUT2D eigenvalue weighted by atomic mass is 9.88. The zero-order valence-electron chi connectivity index (χ0n) is 10.4. The Morgan fingerprint density at radius 2 is 1.89 bits per heavy atom. The predicted octanol–water partition coefficient (Wildman–Crippen LogP) is 4.50. The first kappa shape index (κ1) is 11.7. The number of hydrogen-bond donors (Lipinski definition) is 0. The van der Waals surface area contributed by atoms with Crippen LogP contribution in [0.1, 0.15) is 35.6 Å². The smallest absolute Gasteiger partial charge is 0.0563 e. The van der Waals surface area contributed by atoms with Gasteiger partial charge >= 0.3 is 0 Å². The van der Waals surface area contributed by atoms with E-state index in [2.05, 4.69) is 47.8 Å². The van der Waals surface area contributed by atoms with Gasteiger partial charge in [-0.25, -0.2) is 0 Å². The molecule has 1 unspecified atom stereocenters. The highest BCUT2D eigenvalue weighted by Crippen LogP contribution is 2.32. The lowest BCUT2D eigenvalue weighted by molar-refractivity contribution is 0.722. The Labute approximate surface area is 112 Å². The van der Waals surface area contributed by atoms with Crippen LogP contribution in [0.3, 0.4) is 0 Å². The minimum Gasteiger partial charge on any atom is -0.293 e. The van der Waals surface area contributed by atoms with Gasteiger partial charge in [-0.2, -0.15) is 0 Å². The molecule has 0 saturated heterocycles. The summed E-state index contributed by atoms with van der Waals surface area (Å²) in [6, 6.07) is 15.2. The second-order valence-corrected chi connectivity index (χ2v) is 5.67. The van der Waals surface area contributed by atoms with Gasteiger partial charge in [0.1, 0.15) is 0 Å². The van der Waals surface area contributed by atoms with Crippen molar-refractivity contribution < 1.29 is 0 Å². The van der Waals surface area contributed by atoms with Crippen molar-refractivity contribution in [2.75, 3.05) is 6.54 Å². The normalized spacial score (nSPS) is 17.2. The average molecular weight is 255 g/mol. The summed E-state index contributed by atoms with van der Waals surface area (Å²) in [7, 11) is 0. The number of hydrogen-bond acceptors (Lipinski definition) is 2. The summed E-state index contributed by atoms with van der Waals surface area (Å²) in [5.41, 5.74) is 2.75. The van der Waals surface area contributed by atoms with Gasteiger partial charge in [0.05, 0.1) is 5.92 Å². The molecule has 1 atom stereocenters. The zero-order chi connectivity index (χ0) is 12.2. The number of benzene rings is 1. The second-order valence-electron chi connectivity index (χ2n) is 4.69. The topological polar surface area (TPSA) is 12.4 Å². The van der Waals surface area contributed by atoms with Gasteiger partial charge in [0.25, 0.3) is 0 Å². The summed E-state index contributed by atoms with van der Waals surface area (Å²) < 4.78 is 0. The summed E-state index contributed by atoms with van der Waals surface area (Å²) in [4.78, 5) is 6.20. The molecule has 0 radical (unpaired) electrons. The number of rotatable bonds is 3. The van der Waals surface area contributed by atoms with Gasteiger partial charge in [-0.3, -0.25) is 4.99 Å². The molecular weight excluding hydrogens is 238 g/mol. The lowest BCUT2D eigenvalue weighted by Crippen LogP contribution is -2.16. The summed E-state index contributed by atoms with van der Waals surface area (Å²) in [5, 5.41) is 2.16. The summed E-state index contributed by atoms with van der Waals surface area (Å²) in [5.74, 6) is 0.381. The van der Waals surface area contributed by atoms with Gasteiger partial charge in [-0.1, -0.05) is 36.4 Å². The van der Waals surface area contributed by atoms with E-state index in [0.717, 1.165) is 13.0 Å². The highest BCUT2D eigenvalue weighted by Gasteiger charge is 2.22. The Morgan fingerprint density at radius 1 is 1.00 bits per heavy atom. The first-order valence-electron chi connectivity index (χ1n) is 6.57. The largest absolute Gasteiger partial charge is 0.293 e. The van der Waals surface area contributed by atoms with Crippen LogP contribution in [0.15, 0.2) is 52.8 Å². The van der Waals surface area contributed by atoms with E-state index < -0.39 is 0 Å². The molecule has 1 aromatic carbocycles. The molecule has 1 aliphatic rings. The Kier molecular flexibility index (Phi) is 3.56. The second kappa shape index (κ2) is 5.49. The van der Waals surface area contributed by atoms with E-state index in [-0.39, 0.29) is 0 Å². The summed E-state index contributed by atoms with van der Waals surface area (Å²) in [6.45, 7) is 1.00. The van der Waals surface area contributed by atoms with Crippen molar-refractivity contribution in [3.05, 3.63) is 58.3 Å². The van der Waals surface area contributed by atoms with Gasteiger partial charge in [0.2, 0.25) is 0 Å². The molecule has 1 aromatic heterocycles. The molecule has 92 valence electrons. The van der Waals surface area contributed by atoms with E-state index in [1.54, 1.807) is 0 Å². The molecule has 2 aromatic rings. The fourth-order valence-electron chi connectivity index (χ4n) is 2.58. The van der Waals surface area contributed by atoms with Gasteiger partial charge < -0.3 is 0 Å². The maximum atomic E-state index is 4.79. The third-order valence-corrected chi connectivity index (χ3v) is 4.39. The summed E-state index contributed by atoms with van der Waals surface area (Å²) >= 11 is 1.84. The van der Waals surface area contributed by atoms with Crippen molar-refractivity contribution in [3.63, 3.8) is 0 Å². The molecule has 0 saturated carbocycles. The Morgan fingerprint density at radius 3 is 2.56 bits per heavy atom. The monoisotopic (exact) mass is 255 g/mol. The fourth-order valence-corrected chi connectivity index (χ4v) is 3.46. The Bertz CT molecular complexity index is 513. The van der Waals surface area contributed by atoms with Crippen LogP contribution in [0.5, 0.6) is 0 Å². The molecule has 3 rings (SSSR count). The van der Waals surface area contributed by atoms with Crippen LogP contribution in [0.25, 0.3) is 0 Å². The van der Waals surface area contributed by atoms with Crippen LogP contribution >= 0.6 is 11.3 Å². The van der Waals surface area contributed by atoms with Crippen molar-refractivity contribution in [3.8, 4) is 0 Å². The molecule has 0 fully saturated rings. The number of aliphatic imine (C=N–C) groups is 1.